The van der Waals surface area contributed by atoms with E-state index >= 15 is 0 Å². The minimum Gasteiger partial charge on any atom is -0.393 e. The molecule has 1 heteroatoms. The van der Waals surface area contributed by atoms with Gasteiger partial charge in [0, 0.05) is 0 Å². The minimum atomic E-state index is -0.0452. The zero-order valence-electron chi connectivity index (χ0n) is 32.2. The van der Waals surface area contributed by atoms with Gasteiger partial charge < -0.3 is 5.11 Å². The van der Waals surface area contributed by atoms with E-state index in [0.717, 1.165) is 18.8 Å². The third kappa shape index (κ3) is 38.3. The van der Waals surface area contributed by atoms with Crippen molar-refractivity contribution in [1.82, 2.24) is 0 Å². The van der Waals surface area contributed by atoms with E-state index in [0.29, 0.717) is 0 Å². The molecule has 0 bridgehead atoms. The van der Waals surface area contributed by atoms with Gasteiger partial charge in [0.25, 0.3) is 0 Å². The van der Waals surface area contributed by atoms with Gasteiger partial charge in [0.05, 0.1) is 6.10 Å². The molecule has 0 aromatic heterocycles. The average molecular weight is 635 g/mol. The highest BCUT2D eigenvalue weighted by atomic mass is 16.3. The maximum Gasteiger partial charge on any atom is 0.0540 e. The molecule has 0 spiro atoms. The number of hydrogen-bond donors (Lipinski definition) is 1. The first kappa shape index (κ1) is 45.0. The van der Waals surface area contributed by atoms with Gasteiger partial charge in [0.2, 0.25) is 0 Å². The van der Waals surface area contributed by atoms with Gasteiger partial charge >= 0.3 is 0 Å². The second-order valence-electron chi connectivity index (χ2n) is 15.4. The minimum absolute atomic E-state index is 0.0452. The summed E-state index contributed by atoms with van der Waals surface area (Å²) in [5.41, 5.74) is 0. The zero-order chi connectivity index (χ0) is 32.7. The van der Waals surface area contributed by atoms with Gasteiger partial charge in [-0.25, -0.2) is 0 Å². The third-order valence-electron chi connectivity index (χ3n) is 10.7. The van der Waals surface area contributed by atoms with Gasteiger partial charge in [0.1, 0.15) is 0 Å². The predicted octanol–water partition coefficient (Wildman–Crippen LogP) is 16.2. The standard InChI is InChI=1S/C44H90O/c1-4-7-10-13-16-19-21-23-25-27-30-33-38-43(39-34-31-28-26-24-22-20-17-14-11-8-5-2)40-36-37-42-44(45)41-35-32-29-18-15-12-9-6-3/h43-45H,4-42H2,1-3H3. The van der Waals surface area contributed by atoms with Crippen molar-refractivity contribution in [1.29, 1.82) is 0 Å². The topological polar surface area (TPSA) is 20.2 Å². The Labute approximate surface area is 287 Å². The fraction of sp³-hybridized carbons (Fsp3) is 1.00. The van der Waals surface area contributed by atoms with Gasteiger partial charge in [-0.15, -0.1) is 0 Å². The summed E-state index contributed by atoms with van der Waals surface area (Å²) in [6.45, 7) is 6.92. The third-order valence-corrected chi connectivity index (χ3v) is 10.7. The van der Waals surface area contributed by atoms with Crippen LogP contribution in [0.3, 0.4) is 0 Å². The molecule has 272 valence electrons. The molecule has 0 aromatic rings. The summed E-state index contributed by atoms with van der Waals surface area (Å²) in [4.78, 5) is 0. The molecule has 1 unspecified atom stereocenters. The van der Waals surface area contributed by atoms with E-state index in [1.54, 1.807) is 0 Å². The molecule has 0 saturated heterocycles. The molecule has 0 aliphatic rings. The SMILES string of the molecule is CCCCCCCCCCCCCCC(CCCCCCCCCCCCCC)CCCCC(O)CCCCCCCCCC. The fourth-order valence-corrected chi connectivity index (χ4v) is 7.45. The van der Waals surface area contributed by atoms with Crippen LogP contribution in [0.4, 0.5) is 0 Å². The van der Waals surface area contributed by atoms with Gasteiger partial charge in [-0.1, -0.05) is 258 Å². The van der Waals surface area contributed by atoms with Crippen LogP contribution in [0.25, 0.3) is 0 Å². The molecule has 0 aliphatic carbocycles. The number of aliphatic hydroxyl groups excluding tert-OH is 1. The predicted molar refractivity (Wildman–Crippen MR) is 207 cm³/mol. The van der Waals surface area contributed by atoms with Crippen molar-refractivity contribution < 1.29 is 5.11 Å². The highest BCUT2D eigenvalue weighted by Gasteiger charge is 2.10. The van der Waals surface area contributed by atoms with Crippen molar-refractivity contribution in [2.24, 2.45) is 5.92 Å². The van der Waals surface area contributed by atoms with Crippen LogP contribution in [0.5, 0.6) is 0 Å². The second kappa shape index (κ2) is 40.1. The van der Waals surface area contributed by atoms with Crippen molar-refractivity contribution in [3.05, 3.63) is 0 Å². The smallest absolute Gasteiger partial charge is 0.0540 e. The lowest BCUT2D eigenvalue weighted by Gasteiger charge is -2.18. The van der Waals surface area contributed by atoms with Crippen molar-refractivity contribution in [2.75, 3.05) is 0 Å². The molecular formula is C44H90O. The van der Waals surface area contributed by atoms with Crippen LogP contribution >= 0.6 is 0 Å². The first-order valence-electron chi connectivity index (χ1n) is 21.9. The van der Waals surface area contributed by atoms with Crippen LogP contribution in [-0.2, 0) is 0 Å². The summed E-state index contributed by atoms with van der Waals surface area (Å²) >= 11 is 0. The fourth-order valence-electron chi connectivity index (χ4n) is 7.45. The van der Waals surface area contributed by atoms with Crippen LogP contribution in [0, 0.1) is 5.92 Å². The Hall–Kier alpha value is -0.0400. The molecular weight excluding hydrogens is 544 g/mol. The normalized spacial score (nSPS) is 12.5. The Bertz CT molecular complexity index is 473. The van der Waals surface area contributed by atoms with Gasteiger partial charge in [-0.3, -0.25) is 0 Å². The first-order valence-corrected chi connectivity index (χ1v) is 21.9. The molecule has 0 fully saturated rings. The van der Waals surface area contributed by atoms with E-state index < -0.39 is 0 Å². The molecule has 0 aliphatic heterocycles. The van der Waals surface area contributed by atoms with E-state index in [4.69, 9.17) is 0 Å². The van der Waals surface area contributed by atoms with E-state index in [2.05, 4.69) is 20.8 Å². The summed E-state index contributed by atoms with van der Waals surface area (Å²) in [5.74, 6) is 0.945. The van der Waals surface area contributed by atoms with E-state index in [1.807, 2.05) is 0 Å². The number of hydrogen-bond acceptors (Lipinski definition) is 1. The average Bonchev–Trinajstić information content (AvgIpc) is 3.04. The van der Waals surface area contributed by atoms with Crippen molar-refractivity contribution in [3.8, 4) is 0 Å². The lowest BCUT2D eigenvalue weighted by atomic mass is 9.89. The van der Waals surface area contributed by atoms with Crippen molar-refractivity contribution in [2.45, 2.75) is 277 Å². The maximum atomic E-state index is 10.5. The molecule has 0 radical (unpaired) electrons. The Kier molecular flexibility index (Phi) is 40.1. The summed E-state index contributed by atoms with van der Waals surface area (Å²) in [7, 11) is 0. The monoisotopic (exact) mass is 635 g/mol. The second-order valence-corrected chi connectivity index (χ2v) is 15.4. The van der Waals surface area contributed by atoms with E-state index in [1.165, 1.54) is 238 Å². The molecule has 0 saturated carbocycles. The van der Waals surface area contributed by atoms with Crippen LogP contribution in [0.2, 0.25) is 0 Å². The highest BCUT2D eigenvalue weighted by Crippen LogP contribution is 2.25. The molecule has 1 atom stereocenters. The Morgan fingerprint density at radius 2 is 0.422 bits per heavy atom. The van der Waals surface area contributed by atoms with Crippen LogP contribution < -0.4 is 0 Å². The van der Waals surface area contributed by atoms with Crippen LogP contribution in [0.1, 0.15) is 271 Å². The summed E-state index contributed by atoms with van der Waals surface area (Å²) in [6.07, 6.45) is 54.8. The van der Waals surface area contributed by atoms with Crippen LogP contribution in [0.15, 0.2) is 0 Å². The number of unbranched alkanes of at least 4 members (excludes halogenated alkanes) is 30. The van der Waals surface area contributed by atoms with E-state index in [9.17, 15) is 5.11 Å². The van der Waals surface area contributed by atoms with Gasteiger partial charge in [-0.2, -0.15) is 0 Å². The molecule has 1 nitrogen and oxygen atoms in total. The molecule has 1 N–H and O–H groups in total. The molecule has 0 amide bonds. The Balaban J connectivity index is 4.02. The van der Waals surface area contributed by atoms with E-state index in [-0.39, 0.29) is 6.10 Å². The van der Waals surface area contributed by atoms with Crippen molar-refractivity contribution in [3.63, 3.8) is 0 Å². The largest absolute Gasteiger partial charge is 0.393 e. The summed E-state index contributed by atoms with van der Waals surface area (Å²) in [6, 6.07) is 0. The first-order chi connectivity index (χ1) is 22.2. The number of rotatable bonds is 40. The molecule has 45 heavy (non-hydrogen) atoms. The van der Waals surface area contributed by atoms with Gasteiger partial charge in [-0.05, 0) is 18.8 Å². The Morgan fingerprint density at radius 1 is 0.244 bits per heavy atom. The summed E-state index contributed by atoms with van der Waals surface area (Å²) < 4.78 is 0. The van der Waals surface area contributed by atoms with Crippen molar-refractivity contribution >= 4 is 0 Å². The van der Waals surface area contributed by atoms with Crippen LogP contribution in [-0.4, -0.2) is 11.2 Å². The highest BCUT2D eigenvalue weighted by molar-refractivity contribution is 4.64. The quantitative estimate of drug-likeness (QED) is 0.0665. The zero-order valence-corrected chi connectivity index (χ0v) is 32.2. The summed E-state index contributed by atoms with van der Waals surface area (Å²) in [5, 5.41) is 10.5. The molecule has 0 aromatic carbocycles. The molecule has 0 rings (SSSR count). The van der Waals surface area contributed by atoms with Gasteiger partial charge in [0.15, 0.2) is 0 Å². The molecule has 0 heterocycles. The Morgan fingerprint density at radius 3 is 0.689 bits per heavy atom. The lowest BCUT2D eigenvalue weighted by Crippen LogP contribution is -2.07. The maximum absolute atomic E-state index is 10.5. The lowest BCUT2D eigenvalue weighted by molar-refractivity contribution is 0.146. The number of aliphatic hydroxyl groups is 1.